The second-order valence-electron chi connectivity index (χ2n) is 3.52. The normalized spacial score (nSPS) is 23.1. The van der Waals surface area contributed by atoms with Gasteiger partial charge in [-0.25, -0.2) is 0 Å². The lowest BCUT2D eigenvalue weighted by atomic mass is 10.0. The van der Waals surface area contributed by atoms with Crippen LogP contribution < -0.4 is 5.32 Å². The summed E-state index contributed by atoms with van der Waals surface area (Å²) in [7, 11) is 0. The molecular weight excluding hydrogens is 182 g/mol. The topological polar surface area (TPSA) is 58.6 Å². The molecule has 4 heteroatoms. The summed E-state index contributed by atoms with van der Waals surface area (Å²) in [4.78, 5) is 11.5. The summed E-state index contributed by atoms with van der Waals surface area (Å²) in [5, 5.41) is 12.5. The Morgan fingerprint density at radius 3 is 2.50 bits per heavy atom. The quantitative estimate of drug-likeness (QED) is 0.566. The predicted molar refractivity (Wildman–Crippen MR) is 50.6 cm³/mol. The third-order valence-corrected chi connectivity index (χ3v) is 2.54. The fourth-order valence-corrected chi connectivity index (χ4v) is 1.70. The van der Waals surface area contributed by atoms with Crippen LogP contribution in [0.4, 0.5) is 0 Å². The summed E-state index contributed by atoms with van der Waals surface area (Å²) < 4.78 is 5.26. The number of ketones is 1. The van der Waals surface area contributed by atoms with Crippen molar-refractivity contribution >= 4 is 5.78 Å². The summed E-state index contributed by atoms with van der Waals surface area (Å²) >= 11 is 0. The van der Waals surface area contributed by atoms with Crippen molar-refractivity contribution in [1.82, 2.24) is 5.32 Å². The second kappa shape index (κ2) is 3.46. The molecule has 2 aliphatic heterocycles. The van der Waals surface area contributed by atoms with Gasteiger partial charge in [0.25, 0.3) is 5.78 Å². The summed E-state index contributed by atoms with van der Waals surface area (Å²) in [5.41, 5.74) is 1.01. The third-order valence-electron chi connectivity index (χ3n) is 2.54. The molecule has 0 aliphatic carbocycles. The minimum atomic E-state index is -0.362. The van der Waals surface area contributed by atoms with Crippen molar-refractivity contribution in [2.45, 2.75) is 19.8 Å². The first-order valence-electron chi connectivity index (χ1n) is 4.75. The lowest BCUT2D eigenvalue weighted by Crippen LogP contribution is -2.24. The van der Waals surface area contributed by atoms with Gasteiger partial charge in [-0.3, -0.25) is 4.79 Å². The number of ether oxygens (including phenoxy) is 1. The predicted octanol–water partition coefficient (Wildman–Crippen LogP) is 1.01. The number of carbonyl (C=O) groups excluding carboxylic acids is 1. The van der Waals surface area contributed by atoms with Crippen LogP contribution in [0.25, 0.3) is 0 Å². The molecule has 0 aromatic heterocycles. The second-order valence-corrected chi connectivity index (χ2v) is 3.52. The van der Waals surface area contributed by atoms with Crippen molar-refractivity contribution in [3.8, 4) is 0 Å². The third kappa shape index (κ3) is 1.42. The number of hydrogen-bond donors (Lipinski definition) is 2. The highest BCUT2D eigenvalue weighted by Crippen LogP contribution is 2.28. The van der Waals surface area contributed by atoms with E-state index in [0.717, 1.165) is 31.5 Å². The van der Waals surface area contributed by atoms with Crippen molar-refractivity contribution in [3.05, 3.63) is 22.9 Å². The molecule has 1 fully saturated rings. The van der Waals surface area contributed by atoms with E-state index in [1.165, 1.54) is 0 Å². The first-order chi connectivity index (χ1) is 6.70. The van der Waals surface area contributed by atoms with E-state index in [-0.39, 0.29) is 11.5 Å². The number of carbonyl (C=O) groups is 1. The molecule has 0 aromatic carbocycles. The van der Waals surface area contributed by atoms with Crippen LogP contribution in [0.15, 0.2) is 22.9 Å². The van der Waals surface area contributed by atoms with Crippen LogP contribution in [0, 0.1) is 0 Å². The van der Waals surface area contributed by atoms with Gasteiger partial charge in [-0.1, -0.05) is 0 Å². The zero-order valence-corrected chi connectivity index (χ0v) is 8.09. The number of piperidine rings is 1. The Bertz CT molecular complexity index is 333. The number of aliphatic hydroxyl groups excluding tert-OH is 1. The minimum absolute atomic E-state index is 0.244. The molecule has 1 saturated heterocycles. The zero-order chi connectivity index (χ0) is 10.1. The number of hydrogen-bond acceptors (Lipinski definition) is 4. The average Bonchev–Trinajstić information content (AvgIpc) is 2.47. The minimum Gasteiger partial charge on any atom is -0.502 e. The SMILES string of the molecule is CC1=C(O)C(=O)C(=C2CCNCC2)O1. The van der Waals surface area contributed by atoms with Crippen molar-refractivity contribution in [3.63, 3.8) is 0 Å². The number of aliphatic hydroxyl groups is 1. The molecule has 76 valence electrons. The Kier molecular flexibility index (Phi) is 2.29. The first kappa shape index (κ1) is 9.27. The number of rotatable bonds is 0. The first-order valence-corrected chi connectivity index (χ1v) is 4.75. The van der Waals surface area contributed by atoms with E-state index in [0.29, 0.717) is 11.5 Å². The van der Waals surface area contributed by atoms with E-state index < -0.39 is 0 Å². The van der Waals surface area contributed by atoms with Gasteiger partial charge in [0.05, 0.1) is 0 Å². The molecule has 0 unspecified atom stereocenters. The number of Topliss-reactive ketones (excluding diaryl/α,β-unsaturated/α-hetero) is 1. The molecule has 0 radical (unpaired) electrons. The molecule has 0 saturated carbocycles. The Morgan fingerprint density at radius 2 is 2.00 bits per heavy atom. The van der Waals surface area contributed by atoms with Crippen LogP contribution in [-0.2, 0) is 9.53 Å². The van der Waals surface area contributed by atoms with Crippen molar-refractivity contribution in [1.29, 1.82) is 0 Å². The Labute approximate surface area is 82.3 Å². The summed E-state index contributed by atoms with van der Waals surface area (Å²) in [6.07, 6.45) is 1.64. The standard InChI is InChI=1S/C10H13NO3/c1-6-8(12)9(13)10(14-6)7-2-4-11-5-3-7/h11-12H,2-5H2,1H3. The van der Waals surface area contributed by atoms with E-state index in [9.17, 15) is 9.90 Å². The van der Waals surface area contributed by atoms with Gasteiger partial charge in [0.1, 0.15) is 5.76 Å². The molecule has 0 aromatic rings. The average molecular weight is 195 g/mol. The van der Waals surface area contributed by atoms with E-state index in [1.54, 1.807) is 6.92 Å². The Morgan fingerprint density at radius 1 is 1.36 bits per heavy atom. The molecule has 2 rings (SSSR count). The maximum Gasteiger partial charge on any atom is 0.265 e. The highest BCUT2D eigenvalue weighted by atomic mass is 16.5. The fourth-order valence-electron chi connectivity index (χ4n) is 1.70. The molecule has 4 nitrogen and oxygen atoms in total. The molecular formula is C10H13NO3. The van der Waals surface area contributed by atoms with E-state index >= 15 is 0 Å². The van der Waals surface area contributed by atoms with E-state index in [4.69, 9.17) is 4.74 Å². The van der Waals surface area contributed by atoms with Gasteiger partial charge in [0, 0.05) is 0 Å². The summed E-state index contributed by atoms with van der Waals surface area (Å²) in [5.74, 6) is 0.0583. The highest BCUT2D eigenvalue weighted by Gasteiger charge is 2.30. The summed E-state index contributed by atoms with van der Waals surface area (Å²) in [6, 6.07) is 0. The maximum absolute atomic E-state index is 11.5. The molecule has 0 atom stereocenters. The van der Waals surface area contributed by atoms with Crippen LogP contribution in [0.5, 0.6) is 0 Å². The largest absolute Gasteiger partial charge is 0.502 e. The lowest BCUT2D eigenvalue weighted by Gasteiger charge is -2.16. The van der Waals surface area contributed by atoms with Crippen LogP contribution in [-0.4, -0.2) is 24.0 Å². The molecule has 2 heterocycles. The van der Waals surface area contributed by atoms with Crippen molar-refractivity contribution in [2.24, 2.45) is 0 Å². The van der Waals surface area contributed by atoms with Gasteiger partial charge < -0.3 is 15.2 Å². The number of allylic oxidation sites excluding steroid dienone is 1. The highest BCUT2D eigenvalue weighted by molar-refractivity contribution is 6.07. The van der Waals surface area contributed by atoms with Crippen LogP contribution in [0.3, 0.4) is 0 Å². The van der Waals surface area contributed by atoms with Gasteiger partial charge in [0.15, 0.2) is 5.76 Å². The fraction of sp³-hybridized carbons (Fsp3) is 0.500. The van der Waals surface area contributed by atoms with Crippen molar-refractivity contribution in [2.75, 3.05) is 13.1 Å². The lowest BCUT2D eigenvalue weighted by molar-refractivity contribution is -0.115. The van der Waals surface area contributed by atoms with Gasteiger partial charge in [-0.15, -0.1) is 0 Å². The van der Waals surface area contributed by atoms with Gasteiger partial charge in [0.2, 0.25) is 5.76 Å². The molecule has 14 heavy (non-hydrogen) atoms. The number of nitrogens with one attached hydrogen (secondary N) is 1. The van der Waals surface area contributed by atoms with E-state index in [2.05, 4.69) is 5.32 Å². The molecule has 2 N–H and O–H groups in total. The Hall–Kier alpha value is -1.29. The molecule has 0 amide bonds. The maximum atomic E-state index is 11.5. The van der Waals surface area contributed by atoms with Crippen LogP contribution in [0.1, 0.15) is 19.8 Å². The van der Waals surface area contributed by atoms with Gasteiger partial charge >= 0.3 is 0 Å². The molecule has 0 bridgehead atoms. The molecule has 2 aliphatic rings. The van der Waals surface area contributed by atoms with Crippen LogP contribution in [0.2, 0.25) is 0 Å². The van der Waals surface area contributed by atoms with E-state index in [1.807, 2.05) is 0 Å². The molecule has 0 spiro atoms. The van der Waals surface area contributed by atoms with Gasteiger partial charge in [-0.05, 0) is 38.4 Å². The Balaban J connectivity index is 2.25. The monoisotopic (exact) mass is 195 g/mol. The zero-order valence-electron chi connectivity index (χ0n) is 8.09. The van der Waals surface area contributed by atoms with Gasteiger partial charge in [-0.2, -0.15) is 0 Å². The van der Waals surface area contributed by atoms with Crippen molar-refractivity contribution < 1.29 is 14.6 Å². The van der Waals surface area contributed by atoms with Crippen LogP contribution >= 0.6 is 0 Å². The summed E-state index contributed by atoms with van der Waals surface area (Å²) in [6.45, 7) is 3.34. The smallest absolute Gasteiger partial charge is 0.265 e.